The molecule has 0 aromatic carbocycles. The van der Waals surface area contributed by atoms with Crippen molar-refractivity contribution in [3.8, 4) is 23.1 Å². The molecule has 10 nitrogen and oxygen atoms in total. The molecule has 11 heteroatoms. The van der Waals surface area contributed by atoms with Crippen LogP contribution in [0.15, 0.2) is 36.9 Å². The maximum atomic E-state index is 11.6. The van der Waals surface area contributed by atoms with Gasteiger partial charge in [0.25, 0.3) is 0 Å². The van der Waals surface area contributed by atoms with Crippen molar-refractivity contribution in [2.45, 2.75) is 64.1 Å². The zero-order valence-electron chi connectivity index (χ0n) is 24.6. The Balaban J connectivity index is 1.35. The Hall–Kier alpha value is -4.14. The molecule has 1 spiro atoms. The summed E-state index contributed by atoms with van der Waals surface area (Å²) in [5.41, 5.74) is 12.7. The van der Waals surface area contributed by atoms with E-state index in [0.29, 0.717) is 32.1 Å². The molecule has 4 aromatic heterocycles. The van der Waals surface area contributed by atoms with Crippen molar-refractivity contribution >= 4 is 30.9 Å². The Labute approximate surface area is 246 Å². The minimum absolute atomic E-state index is 0.169. The van der Waals surface area contributed by atoms with Crippen molar-refractivity contribution in [1.29, 1.82) is 0 Å². The van der Waals surface area contributed by atoms with Crippen LogP contribution in [0.4, 0.5) is 10.5 Å². The number of hydrogen-bond acceptors (Lipinski definition) is 6. The SMILES string of the molecule is Cc1c(N)cncc1C#Cc1cn(COCC[Si](C)(C)C)c2ncc(-c3cc4n(n3)CCC43CCN(C(=O)O)C3)cc12. The normalized spacial score (nSPS) is 18.0. The molecule has 4 aromatic rings. The number of ether oxygens (including phenoxy) is 1. The number of rotatable bonds is 6. The zero-order valence-corrected chi connectivity index (χ0v) is 25.6. The molecule has 3 N–H and O–H groups in total. The van der Waals surface area contributed by atoms with E-state index >= 15 is 0 Å². The van der Waals surface area contributed by atoms with Gasteiger partial charge >= 0.3 is 6.09 Å². The van der Waals surface area contributed by atoms with Crippen LogP contribution in [-0.4, -0.2) is 68.2 Å². The molecule has 6 heterocycles. The Morgan fingerprint density at radius 2 is 1.93 bits per heavy atom. The topological polar surface area (TPSA) is 124 Å². The predicted octanol–water partition coefficient (Wildman–Crippen LogP) is 4.92. The molecule has 1 unspecified atom stereocenters. The molecule has 2 aliphatic heterocycles. The molecule has 0 saturated carbocycles. The molecule has 0 aliphatic carbocycles. The van der Waals surface area contributed by atoms with Gasteiger partial charge in [0.05, 0.1) is 23.1 Å². The quantitative estimate of drug-likeness (QED) is 0.188. The summed E-state index contributed by atoms with van der Waals surface area (Å²) in [6, 6.07) is 5.30. The van der Waals surface area contributed by atoms with Crippen LogP contribution in [0.2, 0.25) is 25.7 Å². The summed E-state index contributed by atoms with van der Waals surface area (Å²) < 4.78 is 10.1. The fraction of sp³-hybridized carbons (Fsp3) is 0.419. The lowest BCUT2D eigenvalue weighted by atomic mass is 9.82. The van der Waals surface area contributed by atoms with Crippen LogP contribution in [0, 0.1) is 18.8 Å². The molecular weight excluding hydrogens is 546 g/mol. The molecule has 6 rings (SSSR count). The highest BCUT2D eigenvalue weighted by atomic mass is 28.3. The molecule has 1 saturated heterocycles. The minimum Gasteiger partial charge on any atom is -0.465 e. The van der Waals surface area contributed by atoms with Crippen molar-refractivity contribution in [1.82, 2.24) is 29.2 Å². The molecule has 2 aliphatic rings. The van der Waals surface area contributed by atoms with E-state index in [-0.39, 0.29) is 5.41 Å². The molecular formula is C31H37N7O3Si. The maximum absolute atomic E-state index is 11.6. The monoisotopic (exact) mass is 583 g/mol. The first-order valence-corrected chi connectivity index (χ1v) is 18.1. The molecule has 0 bridgehead atoms. The van der Waals surface area contributed by atoms with E-state index in [0.717, 1.165) is 70.1 Å². The van der Waals surface area contributed by atoms with Gasteiger partial charge in [-0.2, -0.15) is 5.10 Å². The highest BCUT2D eigenvalue weighted by molar-refractivity contribution is 6.76. The maximum Gasteiger partial charge on any atom is 0.407 e. The molecule has 0 radical (unpaired) electrons. The fourth-order valence-corrected chi connectivity index (χ4v) is 6.66. The number of carbonyl (C=O) groups is 1. The van der Waals surface area contributed by atoms with Crippen LogP contribution in [0.25, 0.3) is 22.3 Å². The highest BCUT2D eigenvalue weighted by Gasteiger charge is 2.47. The van der Waals surface area contributed by atoms with Crippen LogP contribution in [0.1, 0.15) is 35.2 Å². The van der Waals surface area contributed by atoms with Crippen molar-refractivity contribution in [3.63, 3.8) is 0 Å². The van der Waals surface area contributed by atoms with E-state index in [1.54, 1.807) is 12.4 Å². The predicted molar refractivity (Wildman–Crippen MR) is 165 cm³/mol. The van der Waals surface area contributed by atoms with Crippen molar-refractivity contribution in [3.05, 3.63) is 59.3 Å². The van der Waals surface area contributed by atoms with Gasteiger partial charge in [-0.05, 0) is 43.5 Å². The molecule has 1 atom stereocenters. The van der Waals surface area contributed by atoms with E-state index in [4.69, 9.17) is 20.6 Å². The number of carboxylic acid groups (broad SMARTS) is 1. The van der Waals surface area contributed by atoms with Gasteiger partial charge in [-0.1, -0.05) is 31.5 Å². The van der Waals surface area contributed by atoms with Crippen molar-refractivity contribution in [2.24, 2.45) is 0 Å². The summed E-state index contributed by atoms with van der Waals surface area (Å²) in [5, 5.41) is 15.4. The third-order valence-electron chi connectivity index (χ3n) is 8.57. The number of pyridine rings is 2. The van der Waals surface area contributed by atoms with Gasteiger partial charge < -0.3 is 25.0 Å². The lowest BCUT2D eigenvalue weighted by molar-refractivity contribution is 0.0898. The molecule has 42 heavy (non-hydrogen) atoms. The van der Waals surface area contributed by atoms with Crippen LogP contribution >= 0.6 is 0 Å². The lowest BCUT2D eigenvalue weighted by Gasteiger charge is -2.21. The average Bonchev–Trinajstić information content (AvgIpc) is 3.71. The number of anilines is 1. The van der Waals surface area contributed by atoms with Crippen LogP contribution in [-0.2, 0) is 23.4 Å². The van der Waals surface area contributed by atoms with Gasteiger partial charge in [-0.15, -0.1) is 0 Å². The summed E-state index contributed by atoms with van der Waals surface area (Å²) >= 11 is 0. The molecule has 218 valence electrons. The van der Waals surface area contributed by atoms with E-state index in [1.807, 2.05) is 28.6 Å². The zero-order chi connectivity index (χ0) is 29.6. The summed E-state index contributed by atoms with van der Waals surface area (Å²) in [6.45, 7) is 11.9. The van der Waals surface area contributed by atoms with Crippen LogP contribution < -0.4 is 5.73 Å². The Kier molecular flexibility index (Phi) is 7.07. The average molecular weight is 584 g/mol. The number of aryl methyl sites for hydroxylation is 1. The Morgan fingerprint density at radius 3 is 2.69 bits per heavy atom. The van der Waals surface area contributed by atoms with Crippen molar-refractivity contribution in [2.75, 3.05) is 25.4 Å². The number of nitrogen functional groups attached to an aromatic ring is 1. The number of nitrogens with zero attached hydrogens (tertiary/aromatic N) is 6. The summed E-state index contributed by atoms with van der Waals surface area (Å²) in [5.74, 6) is 6.60. The number of nitrogens with two attached hydrogens (primary N) is 1. The number of likely N-dealkylation sites (tertiary alicyclic amines) is 1. The third kappa shape index (κ3) is 5.28. The Bertz CT molecular complexity index is 1740. The summed E-state index contributed by atoms with van der Waals surface area (Å²) in [6.07, 6.45) is 8.10. The fourth-order valence-electron chi connectivity index (χ4n) is 5.90. The Morgan fingerprint density at radius 1 is 1.14 bits per heavy atom. The number of fused-ring (bicyclic) bond motifs is 3. The van der Waals surface area contributed by atoms with Gasteiger partial charge in [-0.25, -0.2) is 9.78 Å². The summed E-state index contributed by atoms with van der Waals surface area (Å²) in [7, 11) is -1.20. The van der Waals surface area contributed by atoms with Crippen LogP contribution in [0.5, 0.6) is 0 Å². The van der Waals surface area contributed by atoms with Gasteiger partial charge in [0.15, 0.2) is 0 Å². The first kappa shape index (κ1) is 28.0. The first-order chi connectivity index (χ1) is 20.0. The molecule has 1 fully saturated rings. The second-order valence-corrected chi connectivity index (χ2v) is 18.4. The second-order valence-electron chi connectivity index (χ2n) is 12.7. The molecule has 1 amide bonds. The van der Waals surface area contributed by atoms with E-state index in [2.05, 4.69) is 48.6 Å². The lowest BCUT2D eigenvalue weighted by Crippen LogP contribution is -2.32. The van der Waals surface area contributed by atoms with E-state index < -0.39 is 14.2 Å². The van der Waals surface area contributed by atoms with Crippen LogP contribution in [0.3, 0.4) is 0 Å². The van der Waals surface area contributed by atoms with Gasteiger partial charge in [0.1, 0.15) is 12.4 Å². The highest BCUT2D eigenvalue weighted by Crippen LogP contribution is 2.44. The van der Waals surface area contributed by atoms with Gasteiger partial charge in [0.2, 0.25) is 0 Å². The summed E-state index contributed by atoms with van der Waals surface area (Å²) in [4.78, 5) is 22.2. The standard InChI is InChI=1S/C31H37N7O3Si/c1-21-22(15-33-17-26(21)32)5-6-23-18-37(20-41-11-12-42(2,3)4)29-25(23)13-24(16-34-29)27-14-28-31(8-10-38(28)35-27)7-9-36(19-31)30(39)40/h13-18H,7-12,19-20,32H2,1-4H3,(H,39,40). The third-order valence-corrected chi connectivity index (χ3v) is 10.3. The largest absolute Gasteiger partial charge is 0.465 e. The number of amides is 1. The minimum atomic E-state index is -1.20. The van der Waals surface area contributed by atoms with E-state index in [1.165, 1.54) is 4.90 Å². The van der Waals surface area contributed by atoms with E-state index in [9.17, 15) is 9.90 Å². The second kappa shape index (κ2) is 10.6. The van der Waals surface area contributed by atoms with Gasteiger partial charge in [0, 0.05) is 80.5 Å². The number of hydrogen-bond donors (Lipinski definition) is 2. The van der Waals surface area contributed by atoms with Gasteiger partial charge in [-0.3, -0.25) is 9.67 Å². The number of aromatic nitrogens is 5. The van der Waals surface area contributed by atoms with Crippen molar-refractivity contribution < 1.29 is 14.6 Å². The smallest absolute Gasteiger partial charge is 0.407 e. The first-order valence-electron chi connectivity index (χ1n) is 14.4.